The first-order chi connectivity index (χ1) is 19.5. The lowest BCUT2D eigenvalue weighted by Gasteiger charge is -2.40. The van der Waals surface area contributed by atoms with Gasteiger partial charge in [-0.15, -0.1) is 0 Å². The number of esters is 1. The Morgan fingerprint density at radius 3 is 2.08 bits per heavy atom. The lowest BCUT2D eigenvalue weighted by molar-refractivity contribution is -0.147. The summed E-state index contributed by atoms with van der Waals surface area (Å²) in [6.45, 7) is 1.61. The highest BCUT2D eigenvalue weighted by Gasteiger charge is 2.32. The molecule has 204 valence electrons. The van der Waals surface area contributed by atoms with Crippen LogP contribution in [0.3, 0.4) is 0 Å². The molecule has 1 aliphatic rings. The SMILES string of the molecule is COC(=O)C(c1ccccc1)N1CCC(N(C)c2ccc(NC(=O)c3ccccc3-c3ccccc3)cc2)CC1. The second-order valence-corrected chi connectivity index (χ2v) is 10.1. The molecule has 1 unspecified atom stereocenters. The minimum absolute atomic E-state index is 0.133. The van der Waals surface area contributed by atoms with Crippen LogP contribution < -0.4 is 10.2 Å². The molecule has 0 aromatic heterocycles. The van der Waals surface area contributed by atoms with E-state index in [9.17, 15) is 9.59 Å². The third-order valence-corrected chi connectivity index (χ3v) is 7.74. The molecule has 1 atom stereocenters. The van der Waals surface area contributed by atoms with Crippen molar-refractivity contribution in [3.8, 4) is 11.1 Å². The molecule has 1 aliphatic heterocycles. The molecule has 1 N–H and O–H groups in total. The van der Waals surface area contributed by atoms with E-state index in [2.05, 4.69) is 22.2 Å². The lowest BCUT2D eigenvalue weighted by atomic mass is 9.98. The number of nitrogens with zero attached hydrogens (tertiary/aromatic N) is 2. The van der Waals surface area contributed by atoms with Crippen molar-refractivity contribution < 1.29 is 14.3 Å². The highest BCUT2D eigenvalue weighted by molar-refractivity contribution is 6.08. The summed E-state index contributed by atoms with van der Waals surface area (Å²) >= 11 is 0. The van der Waals surface area contributed by atoms with Gasteiger partial charge in [0.15, 0.2) is 0 Å². The van der Waals surface area contributed by atoms with Crippen LogP contribution in [0.1, 0.15) is 34.8 Å². The largest absolute Gasteiger partial charge is 0.468 e. The molecule has 0 bridgehead atoms. The van der Waals surface area contributed by atoms with Gasteiger partial charge in [0.2, 0.25) is 0 Å². The van der Waals surface area contributed by atoms with E-state index >= 15 is 0 Å². The van der Waals surface area contributed by atoms with Crippen LogP contribution in [0.4, 0.5) is 11.4 Å². The highest BCUT2D eigenvalue weighted by Crippen LogP contribution is 2.30. The average Bonchev–Trinajstić information content (AvgIpc) is 3.02. The van der Waals surface area contributed by atoms with Crippen molar-refractivity contribution in [1.29, 1.82) is 0 Å². The number of methoxy groups -OCH3 is 1. The summed E-state index contributed by atoms with van der Waals surface area (Å²) in [5, 5.41) is 3.06. The van der Waals surface area contributed by atoms with Crippen LogP contribution in [-0.4, -0.2) is 50.1 Å². The average molecular weight is 534 g/mol. The van der Waals surface area contributed by atoms with Crippen LogP contribution in [0.15, 0.2) is 109 Å². The van der Waals surface area contributed by atoms with E-state index < -0.39 is 0 Å². The van der Waals surface area contributed by atoms with E-state index in [1.165, 1.54) is 7.11 Å². The standard InChI is InChI=1S/C34H35N3O3/c1-36(29-21-23-37(24-22-29)32(34(39)40-2)26-13-7-4-8-14-26)28-19-17-27(18-20-28)35-33(38)31-16-10-9-15-30(31)25-11-5-3-6-12-25/h3-20,29,32H,21-24H2,1-2H3,(H,35,38). The first-order valence-corrected chi connectivity index (χ1v) is 13.7. The number of ether oxygens (including phenoxy) is 1. The van der Waals surface area contributed by atoms with Crippen molar-refractivity contribution in [3.05, 3.63) is 120 Å². The Morgan fingerprint density at radius 2 is 1.43 bits per heavy atom. The first kappa shape index (κ1) is 27.2. The van der Waals surface area contributed by atoms with Crippen LogP contribution in [0.2, 0.25) is 0 Å². The molecule has 1 fully saturated rings. The fraction of sp³-hybridized carbons (Fsp3) is 0.235. The predicted molar refractivity (Wildman–Crippen MR) is 160 cm³/mol. The summed E-state index contributed by atoms with van der Waals surface area (Å²) in [4.78, 5) is 30.3. The van der Waals surface area contributed by atoms with Gasteiger partial charge in [-0.2, -0.15) is 0 Å². The van der Waals surface area contributed by atoms with E-state index in [1.54, 1.807) is 0 Å². The maximum atomic E-state index is 13.2. The maximum absolute atomic E-state index is 13.2. The summed E-state index contributed by atoms with van der Waals surface area (Å²) < 4.78 is 5.14. The Morgan fingerprint density at radius 1 is 0.825 bits per heavy atom. The zero-order chi connectivity index (χ0) is 27.9. The summed E-state index contributed by atoms with van der Waals surface area (Å²) in [5.41, 5.74) is 5.37. The van der Waals surface area contributed by atoms with Gasteiger partial charge in [0.1, 0.15) is 6.04 Å². The molecular formula is C34H35N3O3. The number of piperidine rings is 1. The second kappa shape index (κ2) is 12.6. The Labute approximate surface area is 236 Å². The van der Waals surface area contributed by atoms with Gasteiger partial charge in [-0.3, -0.25) is 9.69 Å². The molecule has 5 rings (SSSR count). The van der Waals surface area contributed by atoms with Crippen LogP contribution in [0, 0.1) is 0 Å². The van der Waals surface area contributed by atoms with Crippen molar-refractivity contribution in [2.24, 2.45) is 0 Å². The molecule has 0 saturated carbocycles. The van der Waals surface area contributed by atoms with Gasteiger partial charge in [0.25, 0.3) is 5.91 Å². The summed E-state index contributed by atoms with van der Waals surface area (Å²) in [5.74, 6) is -0.353. The normalized spacial score (nSPS) is 14.8. The summed E-state index contributed by atoms with van der Waals surface area (Å²) in [7, 11) is 3.56. The number of anilines is 2. The van der Waals surface area contributed by atoms with E-state index in [1.807, 2.05) is 109 Å². The number of nitrogens with one attached hydrogen (secondary N) is 1. The van der Waals surface area contributed by atoms with E-state index in [0.717, 1.165) is 54.0 Å². The zero-order valence-corrected chi connectivity index (χ0v) is 23.0. The minimum atomic E-state index is -0.382. The molecular weight excluding hydrogens is 498 g/mol. The summed E-state index contributed by atoms with van der Waals surface area (Å²) in [6.07, 6.45) is 1.87. The number of amides is 1. The predicted octanol–water partition coefficient (Wildman–Crippen LogP) is 6.42. The van der Waals surface area contributed by atoms with Crippen LogP contribution in [0.25, 0.3) is 11.1 Å². The Hall–Kier alpha value is -4.42. The Balaban J connectivity index is 1.21. The van der Waals surface area contributed by atoms with Crippen molar-refractivity contribution in [1.82, 2.24) is 4.90 Å². The van der Waals surface area contributed by atoms with Crippen LogP contribution in [-0.2, 0) is 9.53 Å². The van der Waals surface area contributed by atoms with Gasteiger partial charge in [0.05, 0.1) is 7.11 Å². The van der Waals surface area contributed by atoms with Crippen LogP contribution in [0.5, 0.6) is 0 Å². The fourth-order valence-electron chi connectivity index (χ4n) is 5.51. The smallest absolute Gasteiger partial charge is 0.327 e. The number of hydrogen-bond acceptors (Lipinski definition) is 5. The topological polar surface area (TPSA) is 61.9 Å². The van der Waals surface area contributed by atoms with Gasteiger partial charge >= 0.3 is 5.97 Å². The van der Waals surface area contributed by atoms with Crippen molar-refractivity contribution in [2.45, 2.75) is 24.9 Å². The van der Waals surface area contributed by atoms with Gasteiger partial charge < -0.3 is 15.0 Å². The molecule has 40 heavy (non-hydrogen) atoms. The zero-order valence-electron chi connectivity index (χ0n) is 23.0. The number of benzene rings is 4. The highest BCUT2D eigenvalue weighted by atomic mass is 16.5. The van der Waals surface area contributed by atoms with Gasteiger partial charge in [0, 0.05) is 43.1 Å². The van der Waals surface area contributed by atoms with Crippen molar-refractivity contribution >= 4 is 23.3 Å². The summed E-state index contributed by atoms with van der Waals surface area (Å²) in [6, 6.07) is 35.4. The van der Waals surface area contributed by atoms with Crippen molar-refractivity contribution in [2.75, 3.05) is 37.5 Å². The third-order valence-electron chi connectivity index (χ3n) is 7.74. The molecule has 0 aliphatic carbocycles. The molecule has 4 aromatic rings. The van der Waals surface area contributed by atoms with E-state index in [4.69, 9.17) is 4.74 Å². The molecule has 6 heteroatoms. The van der Waals surface area contributed by atoms with Gasteiger partial charge in [-0.25, -0.2) is 4.79 Å². The van der Waals surface area contributed by atoms with E-state index in [0.29, 0.717) is 11.6 Å². The lowest BCUT2D eigenvalue weighted by Crippen LogP contribution is -2.46. The molecule has 4 aromatic carbocycles. The maximum Gasteiger partial charge on any atom is 0.327 e. The number of carbonyl (C=O) groups is 2. The molecule has 1 amide bonds. The Kier molecular flexibility index (Phi) is 8.57. The number of rotatable bonds is 8. The second-order valence-electron chi connectivity index (χ2n) is 10.1. The van der Waals surface area contributed by atoms with Gasteiger partial charge in [-0.1, -0.05) is 78.9 Å². The molecule has 0 radical (unpaired) electrons. The van der Waals surface area contributed by atoms with E-state index in [-0.39, 0.29) is 17.9 Å². The molecule has 6 nitrogen and oxygen atoms in total. The first-order valence-electron chi connectivity index (χ1n) is 13.7. The third kappa shape index (κ3) is 6.08. The van der Waals surface area contributed by atoms with Crippen molar-refractivity contribution in [3.63, 3.8) is 0 Å². The quantitative estimate of drug-likeness (QED) is 0.265. The molecule has 0 spiro atoms. The fourth-order valence-corrected chi connectivity index (χ4v) is 5.51. The number of carbonyl (C=O) groups excluding carboxylic acids is 2. The monoisotopic (exact) mass is 533 g/mol. The minimum Gasteiger partial charge on any atom is -0.468 e. The van der Waals surface area contributed by atoms with Crippen LogP contribution >= 0.6 is 0 Å². The molecule has 1 saturated heterocycles. The Bertz CT molecular complexity index is 1420. The number of likely N-dealkylation sites (tertiary alicyclic amines) is 1. The van der Waals surface area contributed by atoms with Gasteiger partial charge in [-0.05, 0) is 59.9 Å². The molecule has 1 heterocycles. The number of hydrogen-bond donors (Lipinski definition) is 1.